The third-order valence-electron chi connectivity index (χ3n) is 7.10. The van der Waals surface area contributed by atoms with Gasteiger partial charge in [0.15, 0.2) is 0 Å². The molecule has 2 aromatic rings. The van der Waals surface area contributed by atoms with E-state index in [9.17, 15) is 19.5 Å². The minimum Gasteiger partial charge on any atom is -0.466 e. The minimum absolute atomic E-state index is 0.141. The van der Waals surface area contributed by atoms with Crippen LogP contribution in [-0.2, 0) is 19.1 Å². The van der Waals surface area contributed by atoms with Crippen LogP contribution in [0.2, 0.25) is 0 Å². The monoisotopic (exact) mass is 464 g/mol. The lowest BCUT2D eigenvalue weighted by molar-refractivity contribution is -0.156. The second-order valence-electron chi connectivity index (χ2n) is 9.11. The van der Waals surface area contributed by atoms with Gasteiger partial charge in [0.2, 0.25) is 11.8 Å². The van der Waals surface area contributed by atoms with Gasteiger partial charge in [-0.15, -0.1) is 0 Å². The van der Waals surface area contributed by atoms with Crippen LogP contribution in [0.25, 0.3) is 10.8 Å². The van der Waals surface area contributed by atoms with Gasteiger partial charge in [-0.05, 0) is 49.1 Å². The largest absolute Gasteiger partial charge is 0.466 e. The second-order valence-corrected chi connectivity index (χ2v) is 9.11. The molecule has 6 atom stereocenters. The lowest BCUT2D eigenvalue weighted by Gasteiger charge is -2.33. The fourth-order valence-corrected chi connectivity index (χ4v) is 5.44. The summed E-state index contributed by atoms with van der Waals surface area (Å²) in [6.07, 6.45) is 4.53. The van der Waals surface area contributed by atoms with Crippen molar-refractivity contribution in [2.24, 2.45) is 23.7 Å². The van der Waals surface area contributed by atoms with Crippen molar-refractivity contribution in [2.75, 3.05) is 18.5 Å². The summed E-state index contributed by atoms with van der Waals surface area (Å²) in [7, 11) is 0. The Kier molecular flexibility index (Phi) is 7.03. The summed E-state index contributed by atoms with van der Waals surface area (Å²) >= 11 is 0. The molecule has 7 heteroatoms. The molecule has 1 heterocycles. The molecule has 180 valence electrons. The molecule has 1 fully saturated rings. The topological polar surface area (TPSA) is 95.9 Å². The third-order valence-corrected chi connectivity index (χ3v) is 7.10. The summed E-state index contributed by atoms with van der Waals surface area (Å²) in [6.45, 7) is 5.37. The van der Waals surface area contributed by atoms with Gasteiger partial charge in [-0.25, -0.2) is 0 Å². The van der Waals surface area contributed by atoms with Crippen LogP contribution in [-0.4, -0.2) is 53.1 Å². The smallest absolute Gasteiger partial charge is 0.310 e. The highest BCUT2D eigenvalue weighted by molar-refractivity contribution is 6.02. The average molecular weight is 465 g/mol. The number of aliphatic hydroxyl groups excluding tert-OH is 1. The molecule has 0 saturated carbocycles. The predicted octanol–water partition coefficient (Wildman–Crippen LogP) is 3.38. The molecule has 0 unspecified atom stereocenters. The quantitative estimate of drug-likeness (QED) is 0.484. The fourth-order valence-electron chi connectivity index (χ4n) is 5.44. The Morgan fingerprint density at radius 2 is 1.85 bits per heavy atom. The first kappa shape index (κ1) is 24.0. The zero-order chi connectivity index (χ0) is 24.4. The van der Waals surface area contributed by atoms with E-state index < -0.39 is 35.8 Å². The normalized spacial score (nSPS) is 26.9. The molecule has 2 amide bonds. The molecule has 0 spiro atoms. The Morgan fingerprint density at radius 3 is 2.53 bits per heavy atom. The van der Waals surface area contributed by atoms with Gasteiger partial charge in [-0.1, -0.05) is 49.4 Å². The Morgan fingerprint density at radius 1 is 1.12 bits per heavy atom. The van der Waals surface area contributed by atoms with E-state index in [4.69, 9.17) is 4.74 Å². The number of carbonyl (C=O) groups excluding carboxylic acids is 3. The molecule has 0 aromatic heterocycles. The van der Waals surface area contributed by atoms with Gasteiger partial charge in [-0.3, -0.25) is 14.4 Å². The molecule has 1 aliphatic heterocycles. The molecular formula is C27H32N2O5. The maximum atomic E-state index is 13.7. The number of rotatable bonds is 7. The van der Waals surface area contributed by atoms with Gasteiger partial charge < -0.3 is 20.1 Å². The Balaban J connectivity index is 1.69. The van der Waals surface area contributed by atoms with Crippen molar-refractivity contribution < 1.29 is 24.2 Å². The highest BCUT2D eigenvalue weighted by Crippen LogP contribution is 2.46. The van der Waals surface area contributed by atoms with Crippen LogP contribution in [0.3, 0.4) is 0 Å². The third kappa shape index (κ3) is 4.20. The molecule has 1 aliphatic carbocycles. The minimum atomic E-state index is -0.836. The Bertz CT molecular complexity index is 1110. The maximum absolute atomic E-state index is 13.7. The number of nitrogens with zero attached hydrogens (tertiary/aromatic N) is 1. The second kappa shape index (κ2) is 9.97. The SMILES string of the molecule is CCOC(=O)[C@H]1[C@H]2C(=O)N([C@H](C)CO)[C@H](C(=O)Nc3ccc4ccccc4c3)[C@H]2C=C[C@H]1CC. The summed E-state index contributed by atoms with van der Waals surface area (Å²) in [6, 6.07) is 12.1. The molecule has 2 N–H and O–H groups in total. The number of anilines is 1. The fraction of sp³-hybridized carbons (Fsp3) is 0.444. The molecule has 0 bridgehead atoms. The molecule has 34 heavy (non-hydrogen) atoms. The van der Waals surface area contributed by atoms with Crippen LogP contribution in [0.4, 0.5) is 5.69 Å². The van der Waals surface area contributed by atoms with Gasteiger partial charge in [0.1, 0.15) is 6.04 Å². The van der Waals surface area contributed by atoms with E-state index >= 15 is 0 Å². The number of aliphatic hydroxyl groups is 1. The number of nitrogens with one attached hydrogen (secondary N) is 1. The van der Waals surface area contributed by atoms with E-state index in [1.807, 2.05) is 61.5 Å². The van der Waals surface area contributed by atoms with E-state index in [2.05, 4.69) is 5.32 Å². The number of amides is 2. The van der Waals surface area contributed by atoms with Crippen LogP contribution < -0.4 is 5.32 Å². The zero-order valence-electron chi connectivity index (χ0n) is 19.8. The standard InChI is InChI=1S/C27H32N2O5/c1-4-17-11-13-21-23(22(17)27(33)34-5-2)26(32)29(16(3)15-30)24(21)25(31)28-20-12-10-18-8-6-7-9-19(18)14-20/h6-14,16-17,21-24,30H,4-5,15H2,1-3H3,(H,28,31)/t16-,17-,21+,22-,23+,24+/m1/s1. The van der Waals surface area contributed by atoms with Crippen LogP contribution in [0.1, 0.15) is 27.2 Å². The summed E-state index contributed by atoms with van der Waals surface area (Å²) in [4.78, 5) is 41.6. The highest BCUT2D eigenvalue weighted by atomic mass is 16.5. The van der Waals surface area contributed by atoms with E-state index in [0.29, 0.717) is 12.1 Å². The van der Waals surface area contributed by atoms with E-state index in [1.165, 1.54) is 4.90 Å². The van der Waals surface area contributed by atoms with E-state index in [1.54, 1.807) is 13.8 Å². The lowest BCUT2D eigenvalue weighted by Crippen LogP contribution is -2.49. The molecule has 2 aliphatic rings. The summed E-state index contributed by atoms with van der Waals surface area (Å²) < 4.78 is 5.33. The van der Waals surface area contributed by atoms with Crippen LogP contribution in [0.15, 0.2) is 54.6 Å². The number of hydrogen-bond donors (Lipinski definition) is 2. The van der Waals surface area contributed by atoms with Crippen molar-refractivity contribution in [3.05, 3.63) is 54.6 Å². The van der Waals surface area contributed by atoms with Gasteiger partial charge in [0.25, 0.3) is 0 Å². The number of benzene rings is 2. The maximum Gasteiger partial charge on any atom is 0.310 e. The lowest BCUT2D eigenvalue weighted by atomic mass is 9.69. The van der Waals surface area contributed by atoms with Gasteiger partial charge >= 0.3 is 5.97 Å². The summed E-state index contributed by atoms with van der Waals surface area (Å²) in [5, 5.41) is 14.9. The number of carbonyl (C=O) groups is 3. The first-order valence-electron chi connectivity index (χ1n) is 12.0. The highest BCUT2D eigenvalue weighted by Gasteiger charge is 2.58. The van der Waals surface area contributed by atoms with E-state index in [0.717, 1.165) is 10.8 Å². The molecule has 7 nitrogen and oxygen atoms in total. The molecular weight excluding hydrogens is 432 g/mol. The van der Waals surface area contributed by atoms with Crippen molar-refractivity contribution in [1.82, 2.24) is 4.90 Å². The number of allylic oxidation sites excluding steroid dienone is 1. The molecule has 0 radical (unpaired) electrons. The average Bonchev–Trinajstić information content (AvgIpc) is 3.15. The van der Waals surface area contributed by atoms with Crippen LogP contribution in [0.5, 0.6) is 0 Å². The number of likely N-dealkylation sites (tertiary alicyclic amines) is 1. The first-order valence-corrected chi connectivity index (χ1v) is 12.0. The van der Waals surface area contributed by atoms with Crippen molar-refractivity contribution in [2.45, 2.75) is 39.3 Å². The van der Waals surface area contributed by atoms with Crippen molar-refractivity contribution in [1.29, 1.82) is 0 Å². The number of ether oxygens (including phenoxy) is 1. The van der Waals surface area contributed by atoms with Crippen LogP contribution >= 0.6 is 0 Å². The van der Waals surface area contributed by atoms with Gasteiger partial charge in [-0.2, -0.15) is 0 Å². The van der Waals surface area contributed by atoms with Gasteiger partial charge in [0.05, 0.1) is 31.1 Å². The Labute approximate surface area is 199 Å². The van der Waals surface area contributed by atoms with Crippen molar-refractivity contribution in [3.63, 3.8) is 0 Å². The summed E-state index contributed by atoms with van der Waals surface area (Å²) in [5.74, 6) is -3.01. The van der Waals surface area contributed by atoms with E-state index in [-0.39, 0.29) is 30.9 Å². The van der Waals surface area contributed by atoms with Crippen molar-refractivity contribution in [3.8, 4) is 0 Å². The number of esters is 1. The molecule has 4 rings (SSSR count). The number of hydrogen-bond acceptors (Lipinski definition) is 5. The van der Waals surface area contributed by atoms with Crippen LogP contribution in [0, 0.1) is 23.7 Å². The first-order chi connectivity index (χ1) is 16.4. The van der Waals surface area contributed by atoms with Crippen molar-refractivity contribution >= 4 is 34.2 Å². The molecule has 2 aromatic carbocycles. The summed E-state index contributed by atoms with van der Waals surface area (Å²) in [5.41, 5.74) is 0.629. The molecule has 1 saturated heterocycles. The Hall–Kier alpha value is -3.19. The predicted molar refractivity (Wildman–Crippen MR) is 130 cm³/mol. The zero-order valence-corrected chi connectivity index (χ0v) is 19.8. The van der Waals surface area contributed by atoms with Gasteiger partial charge in [0, 0.05) is 11.6 Å². The number of fused-ring (bicyclic) bond motifs is 2.